The number of rotatable bonds is 3. The molecule has 1 saturated carbocycles. The number of hydrogen-bond acceptors (Lipinski definition) is 2. The van der Waals surface area contributed by atoms with Crippen molar-refractivity contribution in [1.82, 2.24) is 4.90 Å². The van der Waals surface area contributed by atoms with E-state index in [0.717, 1.165) is 30.6 Å². The van der Waals surface area contributed by atoms with Gasteiger partial charge in [-0.2, -0.15) is 0 Å². The Morgan fingerprint density at radius 1 is 1.24 bits per heavy atom. The Kier molecular flexibility index (Phi) is 4.81. The van der Waals surface area contributed by atoms with Gasteiger partial charge in [0, 0.05) is 17.3 Å². The molecule has 1 amide bonds. The largest absolute Gasteiger partial charge is 0.325 e. The minimum Gasteiger partial charge on any atom is -0.325 e. The molecule has 2 atom stereocenters. The van der Waals surface area contributed by atoms with E-state index in [2.05, 4.69) is 10.2 Å². The van der Waals surface area contributed by atoms with Gasteiger partial charge in [0.25, 0.3) is 0 Å². The molecule has 2 fully saturated rings. The fourth-order valence-electron chi connectivity index (χ4n) is 3.79. The van der Waals surface area contributed by atoms with E-state index in [1.54, 1.807) is 6.07 Å². The normalized spacial score (nSPS) is 26.1. The van der Waals surface area contributed by atoms with E-state index in [0.29, 0.717) is 11.6 Å². The van der Waals surface area contributed by atoms with Crippen molar-refractivity contribution in [2.75, 3.05) is 25.0 Å². The summed E-state index contributed by atoms with van der Waals surface area (Å²) in [6.45, 7) is 2.65. The molecule has 4 heteroatoms. The van der Waals surface area contributed by atoms with Crippen molar-refractivity contribution in [2.24, 2.45) is 11.8 Å². The quantitative estimate of drug-likeness (QED) is 0.921. The van der Waals surface area contributed by atoms with Crippen LogP contribution in [0.2, 0.25) is 5.02 Å². The summed E-state index contributed by atoms with van der Waals surface area (Å²) in [4.78, 5) is 14.5. The average molecular weight is 307 g/mol. The second kappa shape index (κ2) is 6.80. The number of nitrogens with one attached hydrogen (secondary N) is 1. The highest BCUT2D eigenvalue weighted by Crippen LogP contribution is 2.35. The van der Waals surface area contributed by atoms with Gasteiger partial charge < -0.3 is 5.32 Å². The molecule has 3 nitrogen and oxygen atoms in total. The van der Waals surface area contributed by atoms with E-state index in [1.807, 2.05) is 18.2 Å². The third-order valence-corrected chi connectivity index (χ3v) is 5.09. The van der Waals surface area contributed by atoms with Gasteiger partial charge in [0.1, 0.15) is 0 Å². The van der Waals surface area contributed by atoms with Crippen LogP contribution in [0.3, 0.4) is 0 Å². The van der Waals surface area contributed by atoms with Crippen LogP contribution in [0, 0.1) is 11.8 Å². The molecule has 0 bridgehead atoms. The molecular formula is C17H23ClN2O. The monoisotopic (exact) mass is 306 g/mol. The van der Waals surface area contributed by atoms with Crippen LogP contribution in [-0.4, -0.2) is 30.4 Å². The van der Waals surface area contributed by atoms with Gasteiger partial charge in [0.2, 0.25) is 5.91 Å². The molecule has 1 N–H and O–H groups in total. The number of nitrogens with zero attached hydrogens (tertiary/aromatic N) is 1. The van der Waals surface area contributed by atoms with Crippen molar-refractivity contribution in [2.45, 2.75) is 32.1 Å². The summed E-state index contributed by atoms with van der Waals surface area (Å²) in [6, 6.07) is 7.32. The lowest BCUT2D eigenvalue weighted by molar-refractivity contribution is -0.118. The number of carbonyl (C=O) groups excluding carboxylic acids is 1. The predicted octanol–water partition coefficient (Wildman–Crippen LogP) is 3.79. The fourth-order valence-corrected chi connectivity index (χ4v) is 3.98. The highest BCUT2D eigenvalue weighted by Gasteiger charge is 2.31. The topological polar surface area (TPSA) is 32.3 Å². The van der Waals surface area contributed by atoms with Crippen LogP contribution < -0.4 is 5.32 Å². The first kappa shape index (κ1) is 14.9. The van der Waals surface area contributed by atoms with Gasteiger partial charge in [-0.1, -0.05) is 36.9 Å². The Morgan fingerprint density at radius 2 is 2.05 bits per heavy atom. The van der Waals surface area contributed by atoms with E-state index in [1.165, 1.54) is 32.1 Å². The lowest BCUT2D eigenvalue weighted by atomic mass is 9.75. The molecule has 1 aromatic rings. The summed E-state index contributed by atoms with van der Waals surface area (Å²) in [5.41, 5.74) is 0.778. The molecule has 0 spiro atoms. The lowest BCUT2D eigenvalue weighted by Gasteiger charge is -2.41. The number of benzene rings is 1. The summed E-state index contributed by atoms with van der Waals surface area (Å²) in [6.07, 6.45) is 6.76. The maximum absolute atomic E-state index is 12.2. The van der Waals surface area contributed by atoms with Crippen molar-refractivity contribution in [3.05, 3.63) is 29.3 Å². The zero-order valence-electron chi connectivity index (χ0n) is 12.4. The van der Waals surface area contributed by atoms with E-state index in [4.69, 9.17) is 11.6 Å². The van der Waals surface area contributed by atoms with Gasteiger partial charge in [0.05, 0.1) is 6.54 Å². The van der Waals surface area contributed by atoms with Crippen LogP contribution in [0.1, 0.15) is 32.1 Å². The van der Waals surface area contributed by atoms with Gasteiger partial charge in [-0.3, -0.25) is 9.69 Å². The Hall–Kier alpha value is -1.06. The lowest BCUT2D eigenvalue weighted by Crippen LogP contribution is -2.44. The second-order valence-electron chi connectivity index (χ2n) is 6.39. The van der Waals surface area contributed by atoms with Gasteiger partial charge in [-0.15, -0.1) is 0 Å². The first-order valence-electron chi connectivity index (χ1n) is 7.98. The van der Waals surface area contributed by atoms with Crippen LogP contribution in [-0.2, 0) is 4.79 Å². The van der Waals surface area contributed by atoms with Crippen LogP contribution in [0.25, 0.3) is 0 Å². The zero-order valence-corrected chi connectivity index (χ0v) is 13.1. The highest BCUT2D eigenvalue weighted by molar-refractivity contribution is 6.30. The number of halogens is 1. The smallest absolute Gasteiger partial charge is 0.238 e. The number of carbonyl (C=O) groups is 1. The van der Waals surface area contributed by atoms with Gasteiger partial charge in [0.15, 0.2) is 0 Å². The third-order valence-electron chi connectivity index (χ3n) is 4.85. The van der Waals surface area contributed by atoms with Crippen molar-refractivity contribution < 1.29 is 4.79 Å². The Morgan fingerprint density at radius 3 is 2.86 bits per heavy atom. The van der Waals surface area contributed by atoms with Gasteiger partial charge in [-0.05, 0) is 49.4 Å². The molecule has 0 unspecified atom stereocenters. The molecule has 1 aromatic carbocycles. The average Bonchev–Trinajstić information content (AvgIpc) is 2.47. The molecular weight excluding hydrogens is 284 g/mol. The summed E-state index contributed by atoms with van der Waals surface area (Å²) < 4.78 is 0. The summed E-state index contributed by atoms with van der Waals surface area (Å²) in [5, 5.41) is 3.59. The van der Waals surface area contributed by atoms with Crippen LogP contribution in [0.5, 0.6) is 0 Å². The van der Waals surface area contributed by atoms with Crippen LogP contribution in [0.15, 0.2) is 24.3 Å². The predicted molar refractivity (Wildman–Crippen MR) is 86.6 cm³/mol. The molecule has 0 radical (unpaired) electrons. The molecule has 2 aliphatic rings. The first-order valence-corrected chi connectivity index (χ1v) is 8.36. The van der Waals surface area contributed by atoms with Crippen molar-refractivity contribution in [1.29, 1.82) is 0 Å². The van der Waals surface area contributed by atoms with Crippen LogP contribution >= 0.6 is 11.6 Å². The summed E-state index contributed by atoms with van der Waals surface area (Å²) in [7, 11) is 0. The Labute approximate surface area is 131 Å². The van der Waals surface area contributed by atoms with Crippen molar-refractivity contribution >= 4 is 23.2 Å². The van der Waals surface area contributed by atoms with E-state index < -0.39 is 0 Å². The minimum absolute atomic E-state index is 0.0616. The molecule has 1 aliphatic carbocycles. The zero-order chi connectivity index (χ0) is 14.7. The van der Waals surface area contributed by atoms with E-state index in [9.17, 15) is 4.79 Å². The SMILES string of the molecule is O=C(CN1CC[C@@H]2CCCC[C@H]2C1)Nc1cccc(Cl)c1. The summed E-state index contributed by atoms with van der Waals surface area (Å²) in [5.74, 6) is 1.78. The second-order valence-corrected chi connectivity index (χ2v) is 6.82. The molecule has 1 heterocycles. The Bertz CT molecular complexity index is 505. The number of anilines is 1. The van der Waals surface area contributed by atoms with Gasteiger partial charge >= 0.3 is 0 Å². The molecule has 0 aromatic heterocycles. The molecule has 21 heavy (non-hydrogen) atoms. The van der Waals surface area contributed by atoms with Crippen molar-refractivity contribution in [3.63, 3.8) is 0 Å². The summed E-state index contributed by atoms with van der Waals surface area (Å²) >= 11 is 5.93. The van der Waals surface area contributed by atoms with Gasteiger partial charge in [-0.25, -0.2) is 0 Å². The number of hydrogen-bond donors (Lipinski definition) is 1. The highest BCUT2D eigenvalue weighted by atomic mass is 35.5. The standard InChI is InChI=1S/C17H23ClN2O/c18-15-6-3-7-16(10-15)19-17(21)12-20-9-8-13-4-1-2-5-14(13)11-20/h3,6-7,10,13-14H,1-2,4-5,8-9,11-12H2,(H,19,21)/t13-,14-/m0/s1. The minimum atomic E-state index is 0.0616. The van der Waals surface area contributed by atoms with E-state index in [-0.39, 0.29) is 5.91 Å². The fraction of sp³-hybridized carbons (Fsp3) is 0.588. The Balaban J connectivity index is 1.51. The molecule has 114 valence electrons. The van der Waals surface area contributed by atoms with Crippen molar-refractivity contribution in [3.8, 4) is 0 Å². The molecule has 1 saturated heterocycles. The van der Waals surface area contributed by atoms with E-state index >= 15 is 0 Å². The number of fused-ring (bicyclic) bond motifs is 1. The number of piperidine rings is 1. The third kappa shape index (κ3) is 3.98. The van der Waals surface area contributed by atoms with Crippen LogP contribution in [0.4, 0.5) is 5.69 Å². The maximum Gasteiger partial charge on any atom is 0.238 e. The number of amides is 1. The molecule has 3 rings (SSSR count). The first-order chi connectivity index (χ1) is 10.2. The number of likely N-dealkylation sites (tertiary alicyclic amines) is 1. The maximum atomic E-state index is 12.2. The molecule has 1 aliphatic heterocycles.